The lowest BCUT2D eigenvalue weighted by Crippen LogP contribution is -2.48. The molecular formula is C15H24N2O. The molecule has 100 valence electrons. The lowest BCUT2D eigenvalue weighted by atomic mass is 9.99. The molecule has 3 nitrogen and oxygen atoms in total. The van der Waals surface area contributed by atoms with Crippen LogP contribution in [0.15, 0.2) is 24.3 Å². The molecule has 0 bridgehead atoms. The van der Waals surface area contributed by atoms with Crippen LogP contribution in [-0.2, 0) is 4.74 Å². The molecule has 2 rings (SSSR count). The molecule has 1 heterocycles. The van der Waals surface area contributed by atoms with E-state index in [1.807, 2.05) is 0 Å². The van der Waals surface area contributed by atoms with Gasteiger partial charge in [-0.2, -0.15) is 0 Å². The summed E-state index contributed by atoms with van der Waals surface area (Å²) in [5, 5.41) is 0. The molecule has 1 aromatic carbocycles. The van der Waals surface area contributed by atoms with Crippen LogP contribution in [0.2, 0.25) is 0 Å². The molecule has 1 aliphatic heterocycles. The maximum absolute atomic E-state index is 6.01. The first kappa shape index (κ1) is 13.5. The van der Waals surface area contributed by atoms with E-state index in [9.17, 15) is 0 Å². The van der Waals surface area contributed by atoms with Gasteiger partial charge in [0.05, 0.1) is 12.2 Å². The lowest BCUT2D eigenvalue weighted by molar-refractivity contribution is -0.0799. The van der Waals surface area contributed by atoms with Crippen LogP contribution in [-0.4, -0.2) is 36.7 Å². The van der Waals surface area contributed by atoms with Gasteiger partial charge in [-0.05, 0) is 31.9 Å². The fourth-order valence-electron chi connectivity index (χ4n) is 2.91. The van der Waals surface area contributed by atoms with Gasteiger partial charge >= 0.3 is 0 Å². The van der Waals surface area contributed by atoms with E-state index in [2.05, 4.69) is 49.9 Å². The van der Waals surface area contributed by atoms with E-state index < -0.39 is 0 Å². The van der Waals surface area contributed by atoms with Crippen LogP contribution >= 0.6 is 0 Å². The largest absolute Gasteiger partial charge is 0.373 e. The fraction of sp³-hybridized carbons (Fsp3) is 0.600. The number of rotatable bonds is 3. The minimum atomic E-state index is 0.284. The van der Waals surface area contributed by atoms with Gasteiger partial charge in [0.2, 0.25) is 0 Å². The van der Waals surface area contributed by atoms with Crippen molar-refractivity contribution in [3.63, 3.8) is 0 Å². The Kier molecular flexibility index (Phi) is 4.38. The molecule has 0 aliphatic carbocycles. The highest BCUT2D eigenvalue weighted by Gasteiger charge is 2.28. The third kappa shape index (κ3) is 2.91. The van der Waals surface area contributed by atoms with Gasteiger partial charge in [0.25, 0.3) is 0 Å². The second-order valence-electron chi connectivity index (χ2n) is 5.32. The molecule has 3 heteroatoms. The Morgan fingerprint density at radius 2 is 1.89 bits per heavy atom. The van der Waals surface area contributed by atoms with Crippen LogP contribution in [0.5, 0.6) is 0 Å². The Balaban J connectivity index is 2.20. The van der Waals surface area contributed by atoms with Crippen molar-refractivity contribution in [1.29, 1.82) is 0 Å². The second kappa shape index (κ2) is 5.83. The van der Waals surface area contributed by atoms with Crippen molar-refractivity contribution >= 4 is 0 Å². The Labute approximate surface area is 110 Å². The highest BCUT2D eigenvalue weighted by molar-refractivity contribution is 5.29. The van der Waals surface area contributed by atoms with Crippen LogP contribution in [0.4, 0.5) is 0 Å². The molecule has 1 aliphatic rings. The maximum Gasteiger partial charge on any atom is 0.0678 e. The van der Waals surface area contributed by atoms with E-state index in [4.69, 9.17) is 10.5 Å². The summed E-state index contributed by atoms with van der Waals surface area (Å²) in [5.74, 6) is 0. The van der Waals surface area contributed by atoms with Gasteiger partial charge in [-0.25, -0.2) is 0 Å². The smallest absolute Gasteiger partial charge is 0.0678 e. The molecule has 0 aromatic heterocycles. The van der Waals surface area contributed by atoms with Crippen molar-refractivity contribution in [2.75, 3.05) is 19.6 Å². The van der Waals surface area contributed by atoms with Crippen LogP contribution < -0.4 is 5.73 Å². The fourth-order valence-corrected chi connectivity index (χ4v) is 2.91. The highest BCUT2D eigenvalue weighted by atomic mass is 16.5. The molecule has 18 heavy (non-hydrogen) atoms. The number of aryl methyl sites for hydroxylation is 1. The number of nitrogens with zero attached hydrogens (tertiary/aromatic N) is 1. The van der Waals surface area contributed by atoms with Crippen molar-refractivity contribution in [1.82, 2.24) is 4.90 Å². The number of hydrogen-bond donors (Lipinski definition) is 1. The predicted molar refractivity (Wildman–Crippen MR) is 74.6 cm³/mol. The van der Waals surface area contributed by atoms with Crippen LogP contribution in [0.1, 0.15) is 31.0 Å². The quantitative estimate of drug-likeness (QED) is 0.890. The number of benzene rings is 1. The van der Waals surface area contributed by atoms with Crippen molar-refractivity contribution in [2.45, 2.75) is 39.0 Å². The van der Waals surface area contributed by atoms with Gasteiger partial charge in [0, 0.05) is 25.7 Å². The van der Waals surface area contributed by atoms with Crippen molar-refractivity contribution in [2.24, 2.45) is 5.73 Å². The zero-order valence-corrected chi connectivity index (χ0v) is 11.6. The van der Waals surface area contributed by atoms with E-state index in [1.54, 1.807) is 0 Å². The molecule has 1 aromatic rings. The van der Waals surface area contributed by atoms with Crippen molar-refractivity contribution in [3.8, 4) is 0 Å². The number of ether oxygens (including phenoxy) is 1. The summed E-state index contributed by atoms with van der Waals surface area (Å²) in [6.07, 6.45) is 0.568. The first-order chi connectivity index (χ1) is 8.61. The van der Waals surface area contributed by atoms with Crippen molar-refractivity contribution < 1.29 is 4.74 Å². The Morgan fingerprint density at radius 3 is 2.44 bits per heavy atom. The van der Waals surface area contributed by atoms with Crippen molar-refractivity contribution in [3.05, 3.63) is 35.4 Å². The standard InChI is InChI=1S/C15H24N2O/c1-11-6-4-5-7-14(11)15(8-16)17-9-12(2)18-13(3)10-17/h4-7,12-13,15H,8-10,16H2,1-3H3/t12-,13-,15+/m0/s1. The molecular weight excluding hydrogens is 224 g/mol. The molecule has 0 radical (unpaired) electrons. The van der Waals surface area contributed by atoms with E-state index >= 15 is 0 Å². The minimum absolute atomic E-state index is 0.284. The summed E-state index contributed by atoms with van der Waals surface area (Å²) in [6, 6.07) is 8.83. The normalized spacial score (nSPS) is 27.1. The maximum atomic E-state index is 6.01. The number of nitrogens with two attached hydrogens (primary N) is 1. The Hall–Kier alpha value is -0.900. The molecule has 0 amide bonds. The Morgan fingerprint density at radius 1 is 1.28 bits per heavy atom. The van der Waals surface area contributed by atoms with Gasteiger partial charge in [-0.3, -0.25) is 4.90 Å². The molecule has 0 unspecified atom stereocenters. The summed E-state index contributed by atoms with van der Waals surface area (Å²) in [5.41, 5.74) is 8.68. The van der Waals surface area contributed by atoms with Gasteiger partial charge in [0.1, 0.15) is 0 Å². The third-order valence-corrected chi connectivity index (χ3v) is 3.66. The Bertz CT molecular complexity index is 384. The van der Waals surface area contributed by atoms with E-state index in [0.717, 1.165) is 13.1 Å². The van der Waals surface area contributed by atoms with Gasteiger partial charge in [-0.15, -0.1) is 0 Å². The molecule has 0 saturated carbocycles. The highest BCUT2D eigenvalue weighted by Crippen LogP contribution is 2.26. The molecule has 3 atom stereocenters. The summed E-state index contributed by atoms with van der Waals surface area (Å²) >= 11 is 0. The summed E-state index contributed by atoms with van der Waals surface area (Å²) in [6.45, 7) is 9.00. The average molecular weight is 248 g/mol. The minimum Gasteiger partial charge on any atom is -0.373 e. The topological polar surface area (TPSA) is 38.5 Å². The summed E-state index contributed by atoms with van der Waals surface area (Å²) in [4.78, 5) is 2.46. The monoisotopic (exact) mass is 248 g/mol. The lowest BCUT2D eigenvalue weighted by Gasteiger charge is -2.40. The third-order valence-electron chi connectivity index (χ3n) is 3.66. The van der Waals surface area contributed by atoms with Gasteiger partial charge in [-0.1, -0.05) is 24.3 Å². The zero-order chi connectivity index (χ0) is 13.1. The average Bonchev–Trinajstić information content (AvgIpc) is 2.31. The first-order valence-electron chi connectivity index (χ1n) is 6.77. The van der Waals surface area contributed by atoms with Gasteiger partial charge in [0.15, 0.2) is 0 Å². The number of morpholine rings is 1. The zero-order valence-electron chi connectivity index (χ0n) is 11.6. The molecule has 0 spiro atoms. The SMILES string of the molecule is Cc1ccccc1[C@@H](CN)N1C[C@H](C)O[C@@H](C)C1. The van der Waals surface area contributed by atoms with Gasteiger partial charge < -0.3 is 10.5 Å². The summed E-state index contributed by atoms with van der Waals surface area (Å²) in [7, 11) is 0. The number of hydrogen-bond acceptors (Lipinski definition) is 3. The first-order valence-corrected chi connectivity index (χ1v) is 6.77. The summed E-state index contributed by atoms with van der Waals surface area (Å²) < 4.78 is 5.79. The van der Waals surface area contributed by atoms with E-state index in [1.165, 1.54) is 11.1 Å². The molecule has 1 saturated heterocycles. The van der Waals surface area contributed by atoms with E-state index in [0.29, 0.717) is 12.6 Å². The second-order valence-corrected chi connectivity index (χ2v) is 5.32. The predicted octanol–water partition coefficient (Wildman–Crippen LogP) is 2.10. The molecule has 2 N–H and O–H groups in total. The molecule has 1 fully saturated rings. The van der Waals surface area contributed by atoms with E-state index in [-0.39, 0.29) is 12.2 Å². The van der Waals surface area contributed by atoms with Crippen LogP contribution in [0.3, 0.4) is 0 Å². The van der Waals surface area contributed by atoms with Crippen LogP contribution in [0, 0.1) is 6.92 Å². The van der Waals surface area contributed by atoms with Crippen LogP contribution in [0.25, 0.3) is 0 Å².